The number of ether oxygens (including phenoxy) is 2. The Labute approximate surface area is 397 Å². The normalized spacial score (nSPS) is 12.7. The zero-order valence-corrected chi connectivity index (χ0v) is 42.3. The zero-order chi connectivity index (χ0) is 46.3. The monoisotopic (exact) mass is 893 g/mol. The van der Waals surface area contributed by atoms with E-state index in [1.54, 1.807) is 0 Å². The Morgan fingerprint density at radius 3 is 1.02 bits per heavy atom. The Morgan fingerprint density at radius 2 is 0.672 bits per heavy atom. The van der Waals surface area contributed by atoms with E-state index < -0.39 is 6.10 Å². The van der Waals surface area contributed by atoms with Crippen LogP contribution in [-0.4, -0.2) is 36.4 Å². The molecular weight excluding hydrogens is 789 g/mol. The second-order valence-corrected chi connectivity index (χ2v) is 18.3. The lowest BCUT2D eigenvalue weighted by atomic mass is 10.0. The number of carbonyl (C=O) groups excluding carboxylic acids is 2. The SMILES string of the molecule is CC/C=C\C/C=C\C/C=C\C/C=C\CCCCCCCCCCCCCCCCCCCCCCCCC(=O)OC(CO)COC(=O)CCCCCCC/C=C\C/C=C\CCCCC. The molecule has 0 aliphatic carbocycles. The summed E-state index contributed by atoms with van der Waals surface area (Å²) in [7, 11) is 0. The van der Waals surface area contributed by atoms with Crippen molar-refractivity contribution in [1.82, 2.24) is 0 Å². The van der Waals surface area contributed by atoms with Crippen LogP contribution in [0.4, 0.5) is 0 Å². The fourth-order valence-corrected chi connectivity index (χ4v) is 7.87. The molecule has 1 unspecified atom stereocenters. The highest BCUT2D eigenvalue weighted by Crippen LogP contribution is 2.16. The number of unbranched alkanes of at least 4 members (excludes halogenated alkanes) is 30. The number of allylic oxidation sites excluding steroid dienone is 12. The molecular formula is C59H104O5. The van der Waals surface area contributed by atoms with Crippen LogP contribution in [0.15, 0.2) is 72.9 Å². The van der Waals surface area contributed by atoms with Crippen LogP contribution in [0.3, 0.4) is 0 Å². The summed E-state index contributed by atoms with van der Waals surface area (Å²) in [5.41, 5.74) is 0. The number of aliphatic hydroxyl groups is 1. The first-order valence-corrected chi connectivity index (χ1v) is 27.5. The summed E-state index contributed by atoms with van der Waals surface area (Å²) in [6.45, 7) is 4.01. The van der Waals surface area contributed by atoms with Gasteiger partial charge in [-0.05, 0) is 83.5 Å². The van der Waals surface area contributed by atoms with E-state index in [0.717, 1.165) is 77.0 Å². The molecule has 0 aromatic heterocycles. The van der Waals surface area contributed by atoms with Gasteiger partial charge in [0.05, 0.1) is 6.61 Å². The van der Waals surface area contributed by atoms with E-state index in [-0.39, 0.29) is 25.2 Å². The van der Waals surface area contributed by atoms with E-state index in [2.05, 4.69) is 86.8 Å². The van der Waals surface area contributed by atoms with Crippen LogP contribution in [0.5, 0.6) is 0 Å². The molecule has 0 aromatic carbocycles. The Hall–Kier alpha value is -2.66. The predicted octanol–water partition coefficient (Wildman–Crippen LogP) is 18.4. The first-order chi connectivity index (χ1) is 31.6. The number of esters is 2. The van der Waals surface area contributed by atoms with Crippen LogP contribution in [0.25, 0.3) is 0 Å². The minimum absolute atomic E-state index is 0.0720. The molecule has 370 valence electrons. The Morgan fingerprint density at radius 1 is 0.375 bits per heavy atom. The average molecular weight is 893 g/mol. The lowest BCUT2D eigenvalue weighted by molar-refractivity contribution is -0.161. The lowest BCUT2D eigenvalue weighted by Crippen LogP contribution is -2.28. The van der Waals surface area contributed by atoms with Crippen LogP contribution < -0.4 is 0 Å². The van der Waals surface area contributed by atoms with Crippen molar-refractivity contribution in [3.63, 3.8) is 0 Å². The minimum Gasteiger partial charge on any atom is -0.462 e. The molecule has 0 spiro atoms. The zero-order valence-electron chi connectivity index (χ0n) is 42.3. The van der Waals surface area contributed by atoms with Gasteiger partial charge < -0.3 is 14.6 Å². The molecule has 64 heavy (non-hydrogen) atoms. The highest BCUT2D eigenvalue weighted by molar-refractivity contribution is 5.70. The van der Waals surface area contributed by atoms with Crippen molar-refractivity contribution in [1.29, 1.82) is 0 Å². The fraction of sp³-hybridized carbons (Fsp3) is 0.763. The van der Waals surface area contributed by atoms with E-state index in [1.807, 2.05) is 0 Å². The molecule has 5 nitrogen and oxygen atoms in total. The van der Waals surface area contributed by atoms with Crippen LogP contribution in [0.2, 0.25) is 0 Å². The minimum atomic E-state index is -0.778. The quantitative estimate of drug-likeness (QED) is 0.0374. The first kappa shape index (κ1) is 61.3. The van der Waals surface area contributed by atoms with Crippen molar-refractivity contribution in [2.24, 2.45) is 0 Å². The van der Waals surface area contributed by atoms with Gasteiger partial charge in [-0.25, -0.2) is 0 Å². The summed E-state index contributed by atoms with van der Waals surface area (Å²) in [4.78, 5) is 24.4. The Kier molecular flexibility index (Phi) is 52.4. The molecule has 0 bridgehead atoms. The summed E-state index contributed by atoms with van der Waals surface area (Å²) in [6, 6.07) is 0. The van der Waals surface area contributed by atoms with Gasteiger partial charge in [0.1, 0.15) is 6.61 Å². The van der Waals surface area contributed by atoms with Crippen LogP contribution >= 0.6 is 0 Å². The molecule has 0 rings (SSSR count). The highest BCUT2D eigenvalue weighted by Gasteiger charge is 2.16. The third-order valence-corrected chi connectivity index (χ3v) is 12.0. The third-order valence-electron chi connectivity index (χ3n) is 12.0. The van der Waals surface area contributed by atoms with Gasteiger partial charge in [0.25, 0.3) is 0 Å². The molecule has 0 aliphatic heterocycles. The molecule has 0 fully saturated rings. The summed E-state index contributed by atoms with van der Waals surface area (Å²) in [5.74, 6) is -0.599. The largest absolute Gasteiger partial charge is 0.462 e. The van der Waals surface area contributed by atoms with Crippen LogP contribution in [0.1, 0.15) is 271 Å². The molecule has 1 atom stereocenters. The molecule has 0 saturated heterocycles. The molecule has 5 heteroatoms. The smallest absolute Gasteiger partial charge is 0.306 e. The van der Waals surface area contributed by atoms with Gasteiger partial charge in [0, 0.05) is 12.8 Å². The maximum atomic E-state index is 12.3. The van der Waals surface area contributed by atoms with Crippen molar-refractivity contribution < 1.29 is 24.2 Å². The van der Waals surface area contributed by atoms with Crippen molar-refractivity contribution >= 4 is 11.9 Å². The Balaban J connectivity index is 3.43. The van der Waals surface area contributed by atoms with E-state index in [1.165, 1.54) is 167 Å². The number of hydrogen-bond donors (Lipinski definition) is 1. The topological polar surface area (TPSA) is 72.8 Å². The number of carbonyl (C=O) groups is 2. The summed E-state index contributed by atoms with van der Waals surface area (Å²) in [5, 5.41) is 9.62. The van der Waals surface area contributed by atoms with Crippen molar-refractivity contribution in [3.05, 3.63) is 72.9 Å². The van der Waals surface area contributed by atoms with Gasteiger partial charge in [0.2, 0.25) is 0 Å². The van der Waals surface area contributed by atoms with Gasteiger partial charge in [-0.1, -0.05) is 247 Å². The van der Waals surface area contributed by atoms with Crippen molar-refractivity contribution in [3.8, 4) is 0 Å². The van der Waals surface area contributed by atoms with Crippen molar-refractivity contribution in [2.75, 3.05) is 13.2 Å². The summed E-state index contributed by atoms with van der Waals surface area (Å²) < 4.78 is 10.7. The second kappa shape index (κ2) is 54.7. The highest BCUT2D eigenvalue weighted by atomic mass is 16.6. The van der Waals surface area contributed by atoms with E-state index >= 15 is 0 Å². The molecule has 0 aromatic rings. The van der Waals surface area contributed by atoms with Gasteiger partial charge >= 0.3 is 11.9 Å². The first-order valence-electron chi connectivity index (χ1n) is 27.5. The molecule has 0 saturated carbocycles. The Bertz CT molecular complexity index is 1150. The van der Waals surface area contributed by atoms with Crippen molar-refractivity contribution in [2.45, 2.75) is 277 Å². The van der Waals surface area contributed by atoms with E-state index in [4.69, 9.17) is 9.47 Å². The van der Waals surface area contributed by atoms with E-state index in [0.29, 0.717) is 12.8 Å². The summed E-state index contributed by atoms with van der Waals surface area (Å²) >= 11 is 0. The van der Waals surface area contributed by atoms with Gasteiger partial charge in [-0.15, -0.1) is 0 Å². The molecule has 0 radical (unpaired) electrons. The molecule has 0 aliphatic rings. The van der Waals surface area contributed by atoms with Crippen LogP contribution in [-0.2, 0) is 19.1 Å². The maximum absolute atomic E-state index is 12.3. The van der Waals surface area contributed by atoms with Gasteiger partial charge in [-0.3, -0.25) is 9.59 Å². The molecule has 0 amide bonds. The number of rotatable bonds is 50. The van der Waals surface area contributed by atoms with Crippen LogP contribution in [0, 0.1) is 0 Å². The fourth-order valence-electron chi connectivity index (χ4n) is 7.87. The lowest BCUT2D eigenvalue weighted by Gasteiger charge is -2.15. The predicted molar refractivity (Wildman–Crippen MR) is 279 cm³/mol. The standard InChI is InChI=1S/C59H104O5/c1-3-5-7-9-11-13-15-17-19-20-21-22-23-24-25-26-27-28-29-30-31-32-33-34-35-36-37-38-40-42-44-46-48-50-52-54-59(62)64-57(55-60)56-63-58(61)53-51-49-47-45-43-41-39-18-16-14-12-10-8-6-4-2/h5,7,11-14,17-19,21-22,39,57,60H,3-4,6,8-10,15-16,20,23-38,40-56H2,1-2H3/b7-5-,13-11-,14-12-,19-17-,22-21-,39-18-. The number of hydrogen-bond acceptors (Lipinski definition) is 5. The third kappa shape index (κ3) is 52.0. The molecule has 1 N–H and O–H groups in total. The average Bonchev–Trinajstić information content (AvgIpc) is 3.30. The summed E-state index contributed by atoms with van der Waals surface area (Å²) in [6.07, 6.45) is 74.5. The van der Waals surface area contributed by atoms with Gasteiger partial charge in [0.15, 0.2) is 6.10 Å². The maximum Gasteiger partial charge on any atom is 0.306 e. The second-order valence-electron chi connectivity index (χ2n) is 18.3. The molecule has 0 heterocycles. The van der Waals surface area contributed by atoms with Gasteiger partial charge in [-0.2, -0.15) is 0 Å². The van der Waals surface area contributed by atoms with E-state index in [9.17, 15) is 14.7 Å². The number of aliphatic hydroxyl groups excluding tert-OH is 1.